The predicted octanol–water partition coefficient (Wildman–Crippen LogP) is 4.00. The number of nitrogens with zero attached hydrogens (tertiary/aromatic N) is 1. The smallest absolute Gasteiger partial charge is 0.339 e. The normalized spacial score (nSPS) is 10.8. The van der Waals surface area contributed by atoms with Crippen molar-refractivity contribution >= 4 is 11.8 Å². The Bertz CT molecular complexity index is 810. The summed E-state index contributed by atoms with van der Waals surface area (Å²) < 4.78 is 5.18. The number of carbonyl (C=O) groups is 2. The van der Waals surface area contributed by atoms with Gasteiger partial charge >= 0.3 is 5.97 Å². The highest BCUT2D eigenvalue weighted by molar-refractivity contribution is 5.99. The van der Waals surface area contributed by atoms with Gasteiger partial charge < -0.3 is 4.74 Å². The fraction of sp³-hybridized carbons (Fsp3) is 0.250. The number of esters is 1. The number of hydrogen-bond donors (Lipinski definition) is 0. The lowest BCUT2D eigenvalue weighted by atomic mass is 9.91. The van der Waals surface area contributed by atoms with Gasteiger partial charge in [0, 0.05) is 11.0 Å². The van der Waals surface area contributed by atoms with Crippen LogP contribution < -0.4 is 0 Å². The van der Waals surface area contributed by atoms with Crippen LogP contribution in [0.5, 0.6) is 0 Å². The summed E-state index contributed by atoms with van der Waals surface area (Å²) in [6.07, 6.45) is 0. The van der Waals surface area contributed by atoms with Gasteiger partial charge in [-0.3, -0.25) is 4.79 Å². The number of ketones is 1. The molecular formula is C20H19NO3. The maximum absolute atomic E-state index is 12.4. The quantitative estimate of drug-likeness (QED) is 0.798. The zero-order chi connectivity index (χ0) is 17.7. The zero-order valence-corrected chi connectivity index (χ0v) is 14.0. The van der Waals surface area contributed by atoms with Crippen molar-refractivity contribution in [2.75, 3.05) is 6.61 Å². The summed E-state index contributed by atoms with van der Waals surface area (Å²) in [6.45, 7) is 5.07. The number of ether oxygens (including phenoxy) is 1. The van der Waals surface area contributed by atoms with Gasteiger partial charge in [0.25, 0.3) is 0 Å². The fourth-order valence-corrected chi connectivity index (χ4v) is 2.14. The van der Waals surface area contributed by atoms with Crippen molar-refractivity contribution in [2.24, 2.45) is 5.41 Å². The third kappa shape index (κ3) is 3.88. The molecule has 2 aromatic carbocycles. The number of hydrogen-bond acceptors (Lipinski definition) is 4. The SMILES string of the molecule is CC(C)(C)C(=O)COC(=O)c1ccccc1-c1ccccc1C#N. The molecule has 0 radical (unpaired) electrons. The molecular weight excluding hydrogens is 302 g/mol. The van der Waals surface area contributed by atoms with E-state index in [9.17, 15) is 14.9 Å². The Morgan fingerprint density at radius 2 is 1.58 bits per heavy atom. The van der Waals surface area contributed by atoms with Crippen molar-refractivity contribution in [1.82, 2.24) is 0 Å². The highest BCUT2D eigenvalue weighted by Gasteiger charge is 2.23. The van der Waals surface area contributed by atoms with Gasteiger partial charge in [-0.2, -0.15) is 5.26 Å². The third-order valence-corrected chi connectivity index (χ3v) is 3.66. The summed E-state index contributed by atoms with van der Waals surface area (Å²) in [6, 6.07) is 16.1. The summed E-state index contributed by atoms with van der Waals surface area (Å²) >= 11 is 0. The van der Waals surface area contributed by atoms with Gasteiger partial charge in [0.15, 0.2) is 12.4 Å². The summed E-state index contributed by atoms with van der Waals surface area (Å²) in [7, 11) is 0. The molecule has 0 aliphatic rings. The van der Waals surface area contributed by atoms with Crippen LogP contribution in [0.15, 0.2) is 48.5 Å². The molecule has 0 bridgehead atoms. The molecule has 0 saturated carbocycles. The molecule has 0 aliphatic carbocycles. The van der Waals surface area contributed by atoms with E-state index in [0.29, 0.717) is 22.3 Å². The van der Waals surface area contributed by atoms with Crippen molar-refractivity contribution < 1.29 is 14.3 Å². The maximum atomic E-state index is 12.4. The van der Waals surface area contributed by atoms with Crippen molar-refractivity contribution in [2.45, 2.75) is 20.8 Å². The van der Waals surface area contributed by atoms with E-state index in [0.717, 1.165) is 0 Å². The molecule has 122 valence electrons. The van der Waals surface area contributed by atoms with Gasteiger partial charge in [-0.15, -0.1) is 0 Å². The summed E-state index contributed by atoms with van der Waals surface area (Å²) in [5.41, 5.74) is 1.52. The Labute approximate surface area is 141 Å². The fourth-order valence-electron chi connectivity index (χ4n) is 2.14. The summed E-state index contributed by atoms with van der Waals surface area (Å²) in [5, 5.41) is 9.26. The maximum Gasteiger partial charge on any atom is 0.339 e. The van der Waals surface area contributed by atoms with E-state index in [-0.39, 0.29) is 12.4 Å². The molecule has 24 heavy (non-hydrogen) atoms. The van der Waals surface area contributed by atoms with Crippen LogP contribution in [-0.2, 0) is 9.53 Å². The number of Topliss-reactive ketones (excluding diaryl/α,β-unsaturated/α-hetero) is 1. The van der Waals surface area contributed by atoms with Crippen LogP contribution in [0.1, 0.15) is 36.7 Å². The molecule has 0 heterocycles. The van der Waals surface area contributed by atoms with Crippen LogP contribution in [0.2, 0.25) is 0 Å². The topological polar surface area (TPSA) is 67.2 Å². The zero-order valence-electron chi connectivity index (χ0n) is 14.0. The minimum absolute atomic E-state index is 0.147. The molecule has 4 nitrogen and oxygen atoms in total. The first-order valence-electron chi connectivity index (χ1n) is 7.63. The molecule has 0 fully saturated rings. The van der Waals surface area contributed by atoms with E-state index >= 15 is 0 Å². The van der Waals surface area contributed by atoms with Crippen LogP contribution in [0.3, 0.4) is 0 Å². The Morgan fingerprint density at radius 1 is 1.00 bits per heavy atom. The van der Waals surface area contributed by atoms with Gasteiger partial charge in [0.1, 0.15) is 0 Å². The summed E-state index contributed by atoms with van der Waals surface area (Å²) in [5.74, 6) is -0.721. The third-order valence-electron chi connectivity index (χ3n) is 3.66. The molecule has 0 aromatic heterocycles. The Balaban J connectivity index is 2.31. The molecule has 0 unspecified atom stereocenters. The van der Waals surface area contributed by atoms with Gasteiger partial charge in [-0.1, -0.05) is 57.2 Å². The highest BCUT2D eigenvalue weighted by atomic mass is 16.5. The minimum atomic E-state index is -0.573. The van der Waals surface area contributed by atoms with Crippen LogP contribution in [0.25, 0.3) is 11.1 Å². The monoisotopic (exact) mass is 321 g/mol. The molecule has 2 aromatic rings. The molecule has 0 atom stereocenters. The van der Waals surface area contributed by atoms with Crippen molar-refractivity contribution in [1.29, 1.82) is 5.26 Å². The van der Waals surface area contributed by atoms with Crippen LogP contribution in [0, 0.1) is 16.7 Å². The van der Waals surface area contributed by atoms with Gasteiger partial charge in [-0.05, 0) is 17.7 Å². The van der Waals surface area contributed by atoms with E-state index < -0.39 is 11.4 Å². The molecule has 0 N–H and O–H groups in total. The second-order valence-electron chi connectivity index (χ2n) is 6.45. The number of benzene rings is 2. The second-order valence-corrected chi connectivity index (χ2v) is 6.45. The second kappa shape index (κ2) is 7.10. The summed E-state index contributed by atoms with van der Waals surface area (Å²) in [4.78, 5) is 24.3. The highest BCUT2D eigenvalue weighted by Crippen LogP contribution is 2.27. The minimum Gasteiger partial charge on any atom is -0.454 e. The van der Waals surface area contributed by atoms with Crippen molar-refractivity contribution in [3.8, 4) is 17.2 Å². The Kier molecular flexibility index (Phi) is 5.15. The molecule has 2 rings (SSSR count). The van der Waals surface area contributed by atoms with E-state index in [1.54, 1.807) is 69.3 Å². The number of nitriles is 1. The lowest BCUT2D eigenvalue weighted by Gasteiger charge is -2.16. The van der Waals surface area contributed by atoms with Crippen LogP contribution in [-0.4, -0.2) is 18.4 Å². The average molecular weight is 321 g/mol. The molecule has 0 aliphatic heterocycles. The van der Waals surface area contributed by atoms with E-state index in [4.69, 9.17) is 4.74 Å². The Morgan fingerprint density at radius 3 is 2.21 bits per heavy atom. The van der Waals surface area contributed by atoms with Gasteiger partial charge in [0.05, 0.1) is 17.2 Å². The van der Waals surface area contributed by atoms with Crippen LogP contribution in [0.4, 0.5) is 0 Å². The van der Waals surface area contributed by atoms with Crippen LogP contribution >= 0.6 is 0 Å². The number of carbonyl (C=O) groups excluding carboxylic acids is 2. The molecule has 0 spiro atoms. The lowest BCUT2D eigenvalue weighted by molar-refractivity contribution is -0.129. The lowest BCUT2D eigenvalue weighted by Crippen LogP contribution is -2.26. The first-order valence-corrected chi connectivity index (χ1v) is 7.63. The van der Waals surface area contributed by atoms with E-state index in [2.05, 4.69) is 6.07 Å². The Hall–Kier alpha value is -2.93. The molecule has 0 saturated heterocycles. The van der Waals surface area contributed by atoms with Gasteiger partial charge in [0.2, 0.25) is 0 Å². The molecule has 4 heteroatoms. The first-order chi connectivity index (χ1) is 11.3. The van der Waals surface area contributed by atoms with Crippen molar-refractivity contribution in [3.63, 3.8) is 0 Å². The first kappa shape index (κ1) is 17.4. The standard InChI is InChI=1S/C20H19NO3/c1-20(2,3)18(22)13-24-19(23)17-11-7-6-10-16(17)15-9-5-4-8-14(15)12-21/h4-11H,13H2,1-3H3. The predicted molar refractivity (Wildman–Crippen MR) is 91.3 cm³/mol. The molecule has 0 amide bonds. The van der Waals surface area contributed by atoms with E-state index in [1.165, 1.54) is 0 Å². The largest absolute Gasteiger partial charge is 0.454 e. The number of rotatable bonds is 4. The van der Waals surface area contributed by atoms with Crippen molar-refractivity contribution in [3.05, 3.63) is 59.7 Å². The average Bonchev–Trinajstić information content (AvgIpc) is 2.58. The van der Waals surface area contributed by atoms with Gasteiger partial charge in [-0.25, -0.2) is 4.79 Å². The van der Waals surface area contributed by atoms with E-state index in [1.807, 2.05) is 0 Å².